The number of rotatable bonds is 5. The van der Waals surface area contributed by atoms with Crippen molar-refractivity contribution in [2.75, 3.05) is 26.2 Å². The van der Waals surface area contributed by atoms with Gasteiger partial charge in [0.2, 0.25) is 0 Å². The van der Waals surface area contributed by atoms with Gasteiger partial charge in [0.1, 0.15) is 6.61 Å². The number of nitrogens with zero attached hydrogens (tertiary/aromatic N) is 1. The zero-order valence-corrected chi connectivity index (χ0v) is 15.0. The second kappa shape index (κ2) is 8.36. The molecule has 0 N–H and O–H groups in total. The molecule has 1 aromatic carbocycles. The number of hydrogen-bond acceptors (Lipinski definition) is 3. The first-order valence-corrected chi connectivity index (χ1v) is 8.74. The molecule has 1 heterocycles. The Bertz CT molecular complexity index is 506. The van der Waals surface area contributed by atoms with Crippen molar-refractivity contribution >= 4 is 30.0 Å². The highest BCUT2D eigenvalue weighted by atomic mass is 35.5. The third-order valence-electron chi connectivity index (χ3n) is 5.08. The van der Waals surface area contributed by atoms with Crippen molar-refractivity contribution in [2.45, 2.75) is 43.9 Å². The summed E-state index contributed by atoms with van der Waals surface area (Å²) in [6, 6.07) is 7.70. The molecular formula is C18H25Cl2NO2. The van der Waals surface area contributed by atoms with Gasteiger partial charge in [0.15, 0.2) is 0 Å². The predicted octanol–water partition coefficient (Wildman–Crippen LogP) is 4.21. The number of esters is 1. The number of carbonyl (C=O) groups excluding carboxylic acids is 1. The topological polar surface area (TPSA) is 29.5 Å². The lowest BCUT2D eigenvalue weighted by Crippen LogP contribution is -2.36. The molecule has 0 atom stereocenters. The zero-order valence-electron chi connectivity index (χ0n) is 13.4. The van der Waals surface area contributed by atoms with E-state index in [1.54, 1.807) is 0 Å². The summed E-state index contributed by atoms with van der Waals surface area (Å²) in [5.74, 6) is -0.0495. The third-order valence-corrected chi connectivity index (χ3v) is 5.34. The van der Waals surface area contributed by atoms with Gasteiger partial charge >= 0.3 is 5.97 Å². The summed E-state index contributed by atoms with van der Waals surface area (Å²) >= 11 is 5.98. The van der Waals surface area contributed by atoms with Crippen LogP contribution in [0.2, 0.25) is 5.02 Å². The normalized spacial score (nSPS) is 20.2. The molecule has 0 bridgehead atoms. The van der Waals surface area contributed by atoms with E-state index < -0.39 is 5.41 Å². The van der Waals surface area contributed by atoms with Crippen LogP contribution in [0.1, 0.15) is 44.1 Å². The Morgan fingerprint density at radius 1 is 1.09 bits per heavy atom. The molecule has 2 aliphatic rings. The van der Waals surface area contributed by atoms with Gasteiger partial charge in [0, 0.05) is 11.6 Å². The summed E-state index contributed by atoms with van der Waals surface area (Å²) in [6.45, 7) is 3.65. The fourth-order valence-electron chi connectivity index (χ4n) is 3.77. The molecule has 1 aliphatic heterocycles. The molecule has 128 valence electrons. The van der Waals surface area contributed by atoms with Gasteiger partial charge in [-0.05, 0) is 56.5 Å². The lowest BCUT2D eigenvalue weighted by atomic mass is 9.79. The monoisotopic (exact) mass is 357 g/mol. The van der Waals surface area contributed by atoms with Gasteiger partial charge in [0.05, 0.1) is 5.41 Å². The van der Waals surface area contributed by atoms with Gasteiger partial charge in [0.25, 0.3) is 0 Å². The molecule has 1 aromatic rings. The van der Waals surface area contributed by atoms with Crippen molar-refractivity contribution in [2.24, 2.45) is 0 Å². The summed E-state index contributed by atoms with van der Waals surface area (Å²) in [7, 11) is 0. The van der Waals surface area contributed by atoms with Crippen molar-refractivity contribution in [1.29, 1.82) is 0 Å². The average molecular weight is 358 g/mol. The van der Waals surface area contributed by atoms with Gasteiger partial charge in [-0.25, -0.2) is 0 Å². The molecular weight excluding hydrogens is 333 g/mol. The Balaban J connectivity index is 0.00000192. The molecule has 5 heteroatoms. The molecule has 0 aromatic heterocycles. The van der Waals surface area contributed by atoms with Gasteiger partial charge < -0.3 is 4.74 Å². The maximum absolute atomic E-state index is 12.8. The Kier molecular flexibility index (Phi) is 6.75. The quantitative estimate of drug-likeness (QED) is 0.739. The molecule has 0 spiro atoms. The summed E-state index contributed by atoms with van der Waals surface area (Å²) < 4.78 is 5.66. The molecule has 0 radical (unpaired) electrons. The summed E-state index contributed by atoms with van der Waals surface area (Å²) in [5.41, 5.74) is 0.607. The number of carbonyl (C=O) groups is 1. The van der Waals surface area contributed by atoms with Crippen molar-refractivity contribution in [3.63, 3.8) is 0 Å². The highest BCUT2D eigenvalue weighted by Gasteiger charge is 2.44. The Morgan fingerprint density at radius 2 is 1.70 bits per heavy atom. The van der Waals surface area contributed by atoms with Crippen LogP contribution in [0, 0.1) is 0 Å². The van der Waals surface area contributed by atoms with Gasteiger partial charge in [-0.1, -0.05) is 36.6 Å². The Labute approximate surface area is 149 Å². The van der Waals surface area contributed by atoms with Crippen LogP contribution in [0.25, 0.3) is 0 Å². The lowest BCUT2D eigenvalue weighted by molar-refractivity contribution is -0.151. The fourth-order valence-corrected chi connectivity index (χ4v) is 3.90. The molecule has 1 saturated heterocycles. The minimum absolute atomic E-state index is 0. The van der Waals surface area contributed by atoms with E-state index in [9.17, 15) is 4.79 Å². The Morgan fingerprint density at radius 3 is 2.30 bits per heavy atom. The van der Waals surface area contributed by atoms with Crippen LogP contribution < -0.4 is 0 Å². The molecule has 0 unspecified atom stereocenters. The van der Waals surface area contributed by atoms with E-state index in [1.165, 1.54) is 12.8 Å². The highest BCUT2D eigenvalue weighted by Crippen LogP contribution is 2.42. The van der Waals surface area contributed by atoms with Crippen LogP contribution in [-0.4, -0.2) is 37.1 Å². The number of benzene rings is 1. The molecule has 23 heavy (non-hydrogen) atoms. The van der Waals surface area contributed by atoms with Gasteiger partial charge in [-0.3, -0.25) is 9.69 Å². The largest absolute Gasteiger partial charge is 0.464 e. The van der Waals surface area contributed by atoms with Crippen LogP contribution in [0.3, 0.4) is 0 Å². The van der Waals surface area contributed by atoms with Crippen LogP contribution in [0.5, 0.6) is 0 Å². The Hall–Kier alpha value is -0.770. The fraction of sp³-hybridized carbons (Fsp3) is 0.611. The van der Waals surface area contributed by atoms with E-state index in [2.05, 4.69) is 4.90 Å². The maximum Gasteiger partial charge on any atom is 0.316 e. The van der Waals surface area contributed by atoms with E-state index >= 15 is 0 Å². The van der Waals surface area contributed by atoms with Crippen molar-refractivity contribution in [3.8, 4) is 0 Å². The van der Waals surface area contributed by atoms with Crippen LogP contribution in [-0.2, 0) is 14.9 Å². The predicted molar refractivity (Wildman–Crippen MR) is 95.5 cm³/mol. The molecule has 2 fully saturated rings. The van der Waals surface area contributed by atoms with E-state index in [0.717, 1.165) is 50.9 Å². The number of ether oxygens (including phenoxy) is 1. The zero-order chi connectivity index (χ0) is 15.4. The minimum atomic E-state index is -0.449. The maximum atomic E-state index is 12.8. The average Bonchev–Trinajstić information content (AvgIpc) is 3.20. The van der Waals surface area contributed by atoms with Crippen molar-refractivity contribution in [1.82, 2.24) is 4.90 Å². The standard InChI is InChI=1S/C18H24ClNO2.ClH/c19-16-7-5-15(6-8-16)18(9-1-2-10-18)17(21)22-14-13-20-11-3-4-12-20;/h5-8H,1-4,9-14H2;1H. The van der Waals surface area contributed by atoms with Crippen molar-refractivity contribution < 1.29 is 9.53 Å². The smallest absolute Gasteiger partial charge is 0.316 e. The SMILES string of the molecule is Cl.O=C(OCCN1CCCC1)C1(c2ccc(Cl)cc2)CCCC1. The van der Waals surface area contributed by atoms with Crippen LogP contribution in [0.4, 0.5) is 0 Å². The van der Waals surface area contributed by atoms with Crippen LogP contribution in [0.15, 0.2) is 24.3 Å². The number of likely N-dealkylation sites (tertiary alicyclic amines) is 1. The third kappa shape index (κ3) is 4.20. The van der Waals surface area contributed by atoms with Gasteiger partial charge in [-0.15, -0.1) is 12.4 Å². The molecule has 3 rings (SSSR count). The molecule has 1 aliphatic carbocycles. The highest BCUT2D eigenvalue weighted by molar-refractivity contribution is 6.30. The molecule has 1 saturated carbocycles. The van der Waals surface area contributed by atoms with Gasteiger partial charge in [-0.2, -0.15) is 0 Å². The first-order chi connectivity index (χ1) is 10.7. The lowest BCUT2D eigenvalue weighted by Gasteiger charge is -2.27. The summed E-state index contributed by atoms with van der Waals surface area (Å²) in [5, 5.41) is 0.708. The minimum Gasteiger partial charge on any atom is -0.464 e. The van der Waals surface area contributed by atoms with Crippen LogP contribution >= 0.6 is 24.0 Å². The first kappa shape index (κ1) is 18.6. The molecule has 3 nitrogen and oxygen atoms in total. The first-order valence-electron chi connectivity index (χ1n) is 8.36. The number of halogens is 2. The van der Waals surface area contributed by atoms with E-state index in [1.807, 2.05) is 24.3 Å². The van der Waals surface area contributed by atoms with E-state index in [4.69, 9.17) is 16.3 Å². The second-order valence-electron chi connectivity index (χ2n) is 6.48. The van der Waals surface area contributed by atoms with E-state index in [0.29, 0.717) is 11.6 Å². The second-order valence-corrected chi connectivity index (χ2v) is 6.92. The molecule has 0 amide bonds. The van der Waals surface area contributed by atoms with E-state index in [-0.39, 0.29) is 18.4 Å². The number of hydrogen-bond donors (Lipinski definition) is 0. The summed E-state index contributed by atoms with van der Waals surface area (Å²) in [6.07, 6.45) is 6.48. The summed E-state index contributed by atoms with van der Waals surface area (Å²) in [4.78, 5) is 15.1. The van der Waals surface area contributed by atoms with Crippen molar-refractivity contribution in [3.05, 3.63) is 34.9 Å².